The number of rotatable bonds is 9. The fourth-order valence-corrected chi connectivity index (χ4v) is 3.54. The van der Waals surface area contributed by atoms with E-state index in [1.54, 1.807) is 12.1 Å². The molecule has 2 aromatic rings. The van der Waals surface area contributed by atoms with E-state index in [-0.39, 0.29) is 18.2 Å². The predicted octanol–water partition coefficient (Wildman–Crippen LogP) is 5.69. The second-order valence-corrected chi connectivity index (χ2v) is 7.28. The number of unbranched alkanes of at least 4 members (excludes halogenated alkanes) is 1. The lowest BCUT2D eigenvalue weighted by molar-refractivity contribution is 0.0306. The standard InChI is InChI=1S/C24H30FNO2.ClH/c1-27-23-8-6-17-26(19-23)16-4-5-18-28-24-9-3-2-7-21(24)13-10-20-11-14-22(25)15-12-20;/h2-3,7,9-15,23H,4-6,8,16-19H2,1H3;1H/b13-10+;. The molecule has 0 amide bonds. The highest BCUT2D eigenvalue weighted by atomic mass is 35.5. The van der Waals surface area contributed by atoms with Gasteiger partial charge < -0.3 is 14.4 Å². The van der Waals surface area contributed by atoms with Crippen LogP contribution in [0.3, 0.4) is 0 Å². The van der Waals surface area contributed by atoms with Crippen LogP contribution in [0.5, 0.6) is 5.75 Å². The van der Waals surface area contributed by atoms with Crippen LogP contribution in [-0.4, -0.2) is 44.4 Å². The lowest BCUT2D eigenvalue weighted by Crippen LogP contribution is -2.39. The largest absolute Gasteiger partial charge is 0.493 e. The summed E-state index contributed by atoms with van der Waals surface area (Å²) in [5.74, 6) is 0.668. The Morgan fingerprint density at radius 2 is 1.86 bits per heavy atom. The molecule has 1 atom stereocenters. The van der Waals surface area contributed by atoms with Gasteiger partial charge in [-0.3, -0.25) is 0 Å². The van der Waals surface area contributed by atoms with Crippen molar-refractivity contribution in [3.8, 4) is 5.75 Å². The van der Waals surface area contributed by atoms with E-state index in [2.05, 4.69) is 4.90 Å². The summed E-state index contributed by atoms with van der Waals surface area (Å²) in [6.45, 7) is 4.05. The lowest BCUT2D eigenvalue weighted by atomic mass is 10.1. The number of piperidine rings is 1. The number of ether oxygens (including phenoxy) is 2. The average Bonchev–Trinajstić information content (AvgIpc) is 2.74. The van der Waals surface area contributed by atoms with E-state index in [4.69, 9.17) is 9.47 Å². The highest BCUT2D eigenvalue weighted by molar-refractivity contribution is 5.85. The zero-order valence-corrected chi connectivity index (χ0v) is 17.9. The molecule has 5 heteroatoms. The maximum Gasteiger partial charge on any atom is 0.126 e. The lowest BCUT2D eigenvalue weighted by Gasteiger charge is -2.31. The Morgan fingerprint density at radius 3 is 2.66 bits per heavy atom. The molecule has 0 aliphatic carbocycles. The minimum absolute atomic E-state index is 0. The van der Waals surface area contributed by atoms with Crippen LogP contribution in [-0.2, 0) is 4.74 Å². The third kappa shape index (κ3) is 7.81. The predicted molar refractivity (Wildman–Crippen MR) is 120 cm³/mol. The van der Waals surface area contributed by atoms with E-state index in [9.17, 15) is 4.39 Å². The van der Waals surface area contributed by atoms with Crippen molar-refractivity contribution in [3.63, 3.8) is 0 Å². The van der Waals surface area contributed by atoms with Crippen LogP contribution in [0.4, 0.5) is 4.39 Å². The van der Waals surface area contributed by atoms with Gasteiger partial charge in [0, 0.05) is 19.2 Å². The minimum atomic E-state index is -0.219. The first-order chi connectivity index (χ1) is 13.7. The van der Waals surface area contributed by atoms with Crippen LogP contribution < -0.4 is 4.74 Å². The Balaban J connectivity index is 0.00000300. The van der Waals surface area contributed by atoms with Crippen molar-refractivity contribution in [1.82, 2.24) is 4.90 Å². The third-order valence-electron chi connectivity index (χ3n) is 5.17. The van der Waals surface area contributed by atoms with Gasteiger partial charge in [0.05, 0.1) is 12.7 Å². The molecule has 29 heavy (non-hydrogen) atoms. The monoisotopic (exact) mass is 419 g/mol. The summed E-state index contributed by atoms with van der Waals surface area (Å²) >= 11 is 0. The Labute approximate surface area is 179 Å². The van der Waals surface area contributed by atoms with Crippen LogP contribution in [0.2, 0.25) is 0 Å². The number of hydrogen-bond donors (Lipinski definition) is 0. The van der Waals surface area contributed by atoms with E-state index in [1.807, 2.05) is 43.5 Å². The minimum Gasteiger partial charge on any atom is -0.493 e. The van der Waals surface area contributed by atoms with Crippen molar-refractivity contribution in [2.75, 3.05) is 33.4 Å². The van der Waals surface area contributed by atoms with Crippen LogP contribution in [0.25, 0.3) is 12.2 Å². The molecule has 2 aromatic carbocycles. The molecule has 1 heterocycles. The zero-order valence-electron chi connectivity index (χ0n) is 17.1. The highest BCUT2D eigenvalue weighted by Gasteiger charge is 2.18. The van der Waals surface area contributed by atoms with Crippen molar-refractivity contribution in [2.24, 2.45) is 0 Å². The molecular weight excluding hydrogens is 389 g/mol. The molecule has 3 rings (SSSR count). The normalized spacial score (nSPS) is 17.2. The summed E-state index contributed by atoms with van der Waals surface area (Å²) < 4.78 is 24.5. The van der Waals surface area contributed by atoms with Gasteiger partial charge in [-0.05, 0) is 62.5 Å². The molecule has 1 aliphatic rings. The number of hydrogen-bond acceptors (Lipinski definition) is 3. The first-order valence-corrected chi connectivity index (χ1v) is 10.2. The molecule has 0 bridgehead atoms. The summed E-state index contributed by atoms with van der Waals surface area (Å²) in [4.78, 5) is 2.50. The molecule has 0 radical (unpaired) electrons. The number of methoxy groups -OCH3 is 1. The van der Waals surface area contributed by atoms with E-state index in [0.29, 0.717) is 12.7 Å². The molecule has 1 aliphatic heterocycles. The maximum atomic E-state index is 13.0. The molecule has 158 valence electrons. The fourth-order valence-electron chi connectivity index (χ4n) is 3.54. The SMILES string of the molecule is COC1CCCN(CCCCOc2ccccc2/C=C/c2ccc(F)cc2)C1.Cl. The van der Waals surface area contributed by atoms with Gasteiger partial charge in [-0.2, -0.15) is 0 Å². The van der Waals surface area contributed by atoms with Crippen LogP contribution in [0, 0.1) is 5.82 Å². The summed E-state index contributed by atoms with van der Waals surface area (Å²) in [5.41, 5.74) is 2.00. The third-order valence-corrected chi connectivity index (χ3v) is 5.17. The van der Waals surface area contributed by atoms with E-state index >= 15 is 0 Å². The van der Waals surface area contributed by atoms with Crippen molar-refractivity contribution in [3.05, 3.63) is 65.5 Å². The first kappa shape index (κ1) is 23.4. The van der Waals surface area contributed by atoms with Gasteiger partial charge in [0.1, 0.15) is 11.6 Å². The Morgan fingerprint density at radius 1 is 1.07 bits per heavy atom. The number of likely N-dealkylation sites (tertiary alicyclic amines) is 1. The van der Waals surface area contributed by atoms with Crippen LogP contribution >= 0.6 is 12.4 Å². The van der Waals surface area contributed by atoms with Crippen molar-refractivity contribution in [1.29, 1.82) is 0 Å². The second-order valence-electron chi connectivity index (χ2n) is 7.28. The quantitative estimate of drug-likeness (QED) is 0.385. The van der Waals surface area contributed by atoms with E-state index < -0.39 is 0 Å². The van der Waals surface area contributed by atoms with Crippen molar-refractivity contribution >= 4 is 24.6 Å². The molecular formula is C24H31ClFNO2. The van der Waals surface area contributed by atoms with E-state index in [1.165, 1.54) is 31.5 Å². The Kier molecular flexibility index (Phi) is 10.2. The number of nitrogens with zero attached hydrogens (tertiary/aromatic N) is 1. The average molecular weight is 420 g/mol. The van der Waals surface area contributed by atoms with Crippen molar-refractivity contribution < 1.29 is 13.9 Å². The van der Waals surface area contributed by atoms with Crippen LogP contribution in [0.1, 0.15) is 36.8 Å². The Bertz CT molecular complexity index is 751. The van der Waals surface area contributed by atoms with Gasteiger partial charge in [-0.15, -0.1) is 12.4 Å². The highest BCUT2D eigenvalue weighted by Crippen LogP contribution is 2.21. The molecule has 1 fully saturated rings. The van der Waals surface area contributed by atoms with Gasteiger partial charge in [0.25, 0.3) is 0 Å². The van der Waals surface area contributed by atoms with Gasteiger partial charge in [-0.1, -0.05) is 42.5 Å². The summed E-state index contributed by atoms with van der Waals surface area (Å²) in [6.07, 6.45) is 8.95. The number of halogens is 2. The van der Waals surface area contributed by atoms with Gasteiger partial charge in [0.2, 0.25) is 0 Å². The summed E-state index contributed by atoms with van der Waals surface area (Å²) in [7, 11) is 1.81. The molecule has 0 spiro atoms. The topological polar surface area (TPSA) is 21.7 Å². The summed E-state index contributed by atoms with van der Waals surface area (Å²) in [5, 5.41) is 0. The molecule has 0 N–H and O–H groups in total. The van der Waals surface area contributed by atoms with Crippen molar-refractivity contribution in [2.45, 2.75) is 31.8 Å². The van der Waals surface area contributed by atoms with Crippen LogP contribution in [0.15, 0.2) is 48.5 Å². The molecule has 3 nitrogen and oxygen atoms in total. The van der Waals surface area contributed by atoms with Gasteiger partial charge >= 0.3 is 0 Å². The number of benzene rings is 2. The first-order valence-electron chi connectivity index (χ1n) is 10.2. The smallest absolute Gasteiger partial charge is 0.126 e. The second kappa shape index (κ2) is 12.6. The Hall–Kier alpha value is -1.88. The molecule has 0 aromatic heterocycles. The number of para-hydroxylation sites is 1. The summed E-state index contributed by atoms with van der Waals surface area (Å²) in [6, 6.07) is 14.5. The zero-order chi connectivity index (χ0) is 19.6. The van der Waals surface area contributed by atoms with Gasteiger partial charge in [0.15, 0.2) is 0 Å². The maximum absolute atomic E-state index is 13.0. The molecule has 0 saturated carbocycles. The fraction of sp³-hybridized carbons (Fsp3) is 0.417. The molecule has 1 unspecified atom stereocenters. The van der Waals surface area contributed by atoms with E-state index in [0.717, 1.165) is 42.8 Å². The molecule has 1 saturated heterocycles. The van der Waals surface area contributed by atoms with Gasteiger partial charge in [-0.25, -0.2) is 4.39 Å².